The molecule has 1 saturated heterocycles. The van der Waals surface area contributed by atoms with E-state index in [4.69, 9.17) is 9.15 Å². The highest BCUT2D eigenvalue weighted by Gasteiger charge is 2.22. The van der Waals surface area contributed by atoms with E-state index in [2.05, 4.69) is 22.4 Å². The van der Waals surface area contributed by atoms with Crippen LogP contribution in [0.25, 0.3) is 11.5 Å². The van der Waals surface area contributed by atoms with Crippen LogP contribution >= 0.6 is 0 Å². The van der Waals surface area contributed by atoms with E-state index in [9.17, 15) is 4.79 Å². The molecule has 6 heteroatoms. The third kappa shape index (κ3) is 3.96. The number of nitrogens with one attached hydrogen (secondary N) is 1. The number of ether oxygens (including phenoxy) is 1. The fraction of sp³-hybridized carbons (Fsp3) is 0.471. The van der Waals surface area contributed by atoms with Crippen molar-refractivity contribution in [3.63, 3.8) is 0 Å². The number of para-hydroxylation sites is 1. The van der Waals surface area contributed by atoms with Crippen molar-refractivity contribution >= 4 is 11.6 Å². The summed E-state index contributed by atoms with van der Waals surface area (Å²) in [5.74, 6) is 0.872. The fourth-order valence-corrected chi connectivity index (χ4v) is 2.79. The maximum atomic E-state index is 12.2. The molecule has 1 amide bonds. The number of carbonyl (C=O) groups excluding carboxylic acids is 1. The molecule has 0 radical (unpaired) electrons. The summed E-state index contributed by atoms with van der Waals surface area (Å²) in [5.41, 5.74) is 1.41. The first kappa shape index (κ1) is 15.7. The Morgan fingerprint density at radius 1 is 1.30 bits per heavy atom. The first-order valence-electron chi connectivity index (χ1n) is 7.96. The molecular weight excluding hydrogens is 294 g/mol. The van der Waals surface area contributed by atoms with Gasteiger partial charge in [0.1, 0.15) is 0 Å². The van der Waals surface area contributed by atoms with Gasteiger partial charge in [0.2, 0.25) is 17.7 Å². The van der Waals surface area contributed by atoms with Crippen LogP contribution in [0.2, 0.25) is 0 Å². The topological polar surface area (TPSA) is 77.2 Å². The molecular formula is C17H21N3O3. The van der Waals surface area contributed by atoms with Crippen LogP contribution in [0.15, 0.2) is 28.7 Å². The van der Waals surface area contributed by atoms with Gasteiger partial charge >= 0.3 is 0 Å². The SMILES string of the molecule is Cc1nnc(-c2ccccc2NC(=O)CC[C@@H]2CC[C@@H](C)O2)o1. The quantitative estimate of drug-likeness (QED) is 0.915. The van der Waals surface area contributed by atoms with Crippen molar-refractivity contribution in [3.05, 3.63) is 30.2 Å². The number of aromatic nitrogens is 2. The van der Waals surface area contributed by atoms with E-state index in [1.807, 2.05) is 24.3 Å². The van der Waals surface area contributed by atoms with Gasteiger partial charge < -0.3 is 14.5 Å². The number of hydrogen-bond donors (Lipinski definition) is 1. The normalized spacial score (nSPS) is 20.6. The highest BCUT2D eigenvalue weighted by molar-refractivity contribution is 5.94. The molecule has 6 nitrogen and oxygen atoms in total. The number of carbonyl (C=O) groups is 1. The first-order chi connectivity index (χ1) is 11.1. The minimum absolute atomic E-state index is 0.0307. The minimum Gasteiger partial charge on any atom is -0.421 e. The number of rotatable bonds is 5. The fourth-order valence-electron chi connectivity index (χ4n) is 2.79. The maximum Gasteiger partial charge on any atom is 0.249 e. The predicted molar refractivity (Wildman–Crippen MR) is 85.9 cm³/mol. The Morgan fingerprint density at radius 3 is 2.83 bits per heavy atom. The second-order valence-corrected chi connectivity index (χ2v) is 5.90. The van der Waals surface area contributed by atoms with Gasteiger partial charge in [-0.2, -0.15) is 0 Å². The molecule has 0 bridgehead atoms. The molecule has 2 aromatic rings. The molecule has 122 valence electrons. The van der Waals surface area contributed by atoms with Gasteiger partial charge in [-0.3, -0.25) is 4.79 Å². The zero-order valence-corrected chi connectivity index (χ0v) is 13.4. The summed E-state index contributed by atoms with van der Waals surface area (Å²) >= 11 is 0. The van der Waals surface area contributed by atoms with Crippen LogP contribution in [0.4, 0.5) is 5.69 Å². The molecule has 1 aromatic carbocycles. The lowest BCUT2D eigenvalue weighted by Crippen LogP contribution is -2.16. The Balaban J connectivity index is 1.62. The summed E-state index contributed by atoms with van der Waals surface area (Å²) in [4.78, 5) is 12.2. The number of aryl methyl sites for hydroxylation is 1. The van der Waals surface area contributed by atoms with Crippen LogP contribution in [0, 0.1) is 6.92 Å². The number of amides is 1. The van der Waals surface area contributed by atoms with Crippen LogP contribution < -0.4 is 5.32 Å². The molecule has 23 heavy (non-hydrogen) atoms. The molecule has 0 aliphatic carbocycles. The predicted octanol–water partition coefficient (Wildman–Crippen LogP) is 3.33. The minimum atomic E-state index is -0.0307. The van der Waals surface area contributed by atoms with E-state index in [0.29, 0.717) is 30.0 Å². The van der Waals surface area contributed by atoms with Crippen molar-refractivity contribution in [2.75, 3.05) is 5.32 Å². The molecule has 1 aliphatic rings. The summed E-state index contributed by atoms with van der Waals surface area (Å²) in [6.45, 7) is 3.81. The van der Waals surface area contributed by atoms with Crippen molar-refractivity contribution in [1.82, 2.24) is 10.2 Å². The van der Waals surface area contributed by atoms with Crippen molar-refractivity contribution in [3.8, 4) is 11.5 Å². The van der Waals surface area contributed by atoms with Gasteiger partial charge in [-0.05, 0) is 38.3 Å². The third-order valence-corrected chi connectivity index (χ3v) is 3.97. The lowest BCUT2D eigenvalue weighted by atomic mass is 10.1. The number of nitrogens with zero attached hydrogens (tertiary/aromatic N) is 2. The summed E-state index contributed by atoms with van der Waals surface area (Å²) in [7, 11) is 0. The van der Waals surface area contributed by atoms with Crippen LogP contribution in [0.1, 0.15) is 38.5 Å². The lowest BCUT2D eigenvalue weighted by molar-refractivity contribution is -0.116. The summed E-state index contributed by atoms with van der Waals surface area (Å²) < 4.78 is 11.2. The van der Waals surface area contributed by atoms with Gasteiger partial charge in [0.05, 0.1) is 23.5 Å². The Morgan fingerprint density at radius 2 is 2.13 bits per heavy atom. The van der Waals surface area contributed by atoms with Gasteiger partial charge in [-0.15, -0.1) is 10.2 Å². The van der Waals surface area contributed by atoms with E-state index in [0.717, 1.165) is 24.8 Å². The number of anilines is 1. The lowest BCUT2D eigenvalue weighted by Gasteiger charge is -2.12. The molecule has 1 fully saturated rings. The second kappa shape index (κ2) is 6.91. The molecule has 0 saturated carbocycles. The first-order valence-corrected chi connectivity index (χ1v) is 7.96. The molecule has 1 aromatic heterocycles. The van der Waals surface area contributed by atoms with Crippen molar-refractivity contribution in [2.45, 2.75) is 51.7 Å². The van der Waals surface area contributed by atoms with Crippen LogP contribution in [0.5, 0.6) is 0 Å². The van der Waals surface area contributed by atoms with Crippen LogP contribution in [-0.2, 0) is 9.53 Å². The van der Waals surface area contributed by atoms with Crippen LogP contribution in [-0.4, -0.2) is 28.3 Å². The number of benzene rings is 1. The van der Waals surface area contributed by atoms with Gasteiger partial charge in [-0.25, -0.2) is 0 Å². The Bertz CT molecular complexity index is 683. The standard InChI is InChI=1S/C17H21N3O3/c1-11-7-8-13(22-11)9-10-16(21)18-15-6-4-3-5-14(15)17-20-19-12(2)23-17/h3-6,11,13H,7-10H2,1-2H3,(H,18,21)/t11-,13+/m1/s1. The average Bonchev–Trinajstić information content (AvgIpc) is 3.14. The van der Waals surface area contributed by atoms with Crippen molar-refractivity contribution < 1.29 is 13.9 Å². The number of hydrogen-bond acceptors (Lipinski definition) is 5. The maximum absolute atomic E-state index is 12.2. The Kier molecular flexibility index (Phi) is 4.71. The van der Waals surface area contributed by atoms with E-state index in [1.165, 1.54) is 0 Å². The molecule has 2 atom stereocenters. The molecule has 0 spiro atoms. The van der Waals surface area contributed by atoms with E-state index in [-0.39, 0.29) is 12.0 Å². The average molecular weight is 315 g/mol. The smallest absolute Gasteiger partial charge is 0.249 e. The summed E-state index contributed by atoms with van der Waals surface area (Å²) in [6.07, 6.45) is 3.80. The largest absolute Gasteiger partial charge is 0.421 e. The summed E-state index contributed by atoms with van der Waals surface area (Å²) in [5, 5.41) is 10.8. The van der Waals surface area contributed by atoms with Crippen molar-refractivity contribution in [2.24, 2.45) is 0 Å². The molecule has 2 heterocycles. The Hall–Kier alpha value is -2.21. The van der Waals surface area contributed by atoms with E-state index in [1.54, 1.807) is 6.92 Å². The highest BCUT2D eigenvalue weighted by Crippen LogP contribution is 2.27. The monoisotopic (exact) mass is 315 g/mol. The molecule has 1 aliphatic heterocycles. The zero-order chi connectivity index (χ0) is 16.2. The van der Waals surface area contributed by atoms with Crippen LogP contribution in [0.3, 0.4) is 0 Å². The Labute approximate surface area is 135 Å². The highest BCUT2D eigenvalue weighted by atomic mass is 16.5. The molecule has 0 unspecified atom stereocenters. The van der Waals surface area contributed by atoms with E-state index < -0.39 is 0 Å². The van der Waals surface area contributed by atoms with Crippen molar-refractivity contribution in [1.29, 1.82) is 0 Å². The third-order valence-electron chi connectivity index (χ3n) is 3.97. The zero-order valence-electron chi connectivity index (χ0n) is 13.4. The van der Waals surface area contributed by atoms with E-state index >= 15 is 0 Å². The van der Waals surface area contributed by atoms with Gasteiger partial charge in [0, 0.05) is 13.3 Å². The van der Waals surface area contributed by atoms with Gasteiger partial charge in [-0.1, -0.05) is 12.1 Å². The van der Waals surface area contributed by atoms with Gasteiger partial charge in [0.25, 0.3) is 0 Å². The molecule has 3 rings (SSSR count). The molecule has 1 N–H and O–H groups in total. The second-order valence-electron chi connectivity index (χ2n) is 5.90. The van der Waals surface area contributed by atoms with Gasteiger partial charge in [0.15, 0.2) is 0 Å². The summed E-state index contributed by atoms with van der Waals surface area (Å²) in [6, 6.07) is 7.42.